The van der Waals surface area contributed by atoms with E-state index in [-0.39, 0.29) is 0 Å². The lowest BCUT2D eigenvalue weighted by Gasteiger charge is -2.22. The molecule has 0 aromatic heterocycles. The van der Waals surface area contributed by atoms with Crippen molar-refractivity contribution < 1.29 is 9.59 Å². The molecule has 0 bridgehead atoms. The Kier molecular flexibility index (Phi) is 1.79. The summed E-state index contributed by atoms with van der Waals surface area (Å²) < 4.78 is 0. The zero-order chi connectivity index (χ0) is 11.1. The van der Waals surface area contributed by atoms with Gasteiger partial charge in [-0.1, -0.05) is 12.1 Å². The number of primary amides is 2. The molecule has 0 unspecified atom stereocenters. The Hall–Kier alpha value is -2.24. The van der Waals surface area contributed by atoms with E-state index in [0.717, 1.165) is 0 Å². The van der Waals surface area contributed by atoms with Crippen LogP contribution >= 0.6 is 0 Å². The van der Waals surface area contributed by atoms with Crippen LogP contribution < -0.4 is 22.1 Å². The monoisotopic (exact) mass is 206 g/mol. The number of hydrogen-bond donors (Lipinski definition) is 4. The molecule has 1 aromatic carbocycles. The molecule has 1 aromatic rings. The molecule has 2 amide bonds. The molecule has 0 saturated heterocycles. The van der Waals surface area contributed by atoms with Crippen molar-refractivity contribution in [3.8, 4) is 0 Å². The largest absolute Gasteiger partial charge is 0.365 e. The molecule has 2 rings (SSSR count). The molecule has 0 saturated carbocycles. The van der Waals surface area contributed by atoms with Gasteiger partial charge in [0.2, 0.25) is 0 Å². The van der Waals surface area contributed by atoms with Crippen molar-refractivity contribution in [1.82, 2.24) is 0 Å². The predicted octanol–water partition coefficient (Wildman–Crippen LogP) is -0.809. The second-order valence-electron chi connectivity index (χ2n) is 3.27. The number of fused-ring (bicyclic) bond motifs is 1. The Balaban J connectivity index is 2.45. The molecule has 6 N–H and O–H groups in total. The Morgan fingerprint density at radius 1 is 1.00 bits per heavy atom. The van der Waals surface area contributed by atoms with Crippen LogP contribution in [-0.4, -0.2) is 17.5 Å². The predicted molar refractivity (Wildman–Crippen MR) is 54.8 cm³/mol. The summed E-state index contributed by atoms with van der Waals surface area (Å²) in [6, 6.07) is 6.98. The number of nitrogens with two attached hydrogens (primary N) is 2. The summed E-state index contributed by atoms with van der Waals surface area (Å²) in [5, 5.41) is 5.37. The first-order valence-electron chi connectivity index (χ1n) is 4.31. The number of nitrogens with one attached hydrogen (secondary N) is 2. The first-order chi connectivity index (χ1) is 7.06. The van der Waals surface area contributed by atoms with Gasteiger partial charge in [-0.25, -0.2) is 0 Å². The third-order valence-electron chi connectivity index (χ3n) is 2.31. The summed E-state index contributed by atoms with van der Waals surface area (Å²) in [4.78, 5) is 22.5. The lowest BCUT2D eigenvalue weighted by molar-refractivity contribution is -0.130. The fourth-order valence-corrected chi connectivity index (χ4v) is 1.50. The van der Waals surface area contributed by atoms with Gasteiger partial charge in [-0.2, -0.15) is 0 Å². The van der Waals surface area contributed by atoms with Crippen LogP contribution in [-0.2, 0) is 9.59 Å². The SMILES string of the molecule is NC(=O)C1(C(N)=O)Nc2ccccc2N1. The topological polar surface area (TPSA) is 110 Å². The summed E-state index contributed by atoms with van der Waals surface area (Å²) in [6.07, 6.45) is 0. The first kappa shape index (κ1) is 9.32. The fourth-order valence-electron chi connectivity index (χ4n) is 1.50. The number of rotatable bonds is 2. The minimum Gasteiger partial charge on any atom is -0.365 e. The number of carbonyl (C=O) groups excluding carboxylic acids is 2. The molecule has 6 nitrogen and oxygen atoms in total. The van der Waals surface area contributed by atoms with Crippen LogP contribution in [0.5, 0.6) is 0 Å². The molecule has 0 radical (unpaired) electrons. The van der Waals surface area contributed by atoms with Gasteiger partial charge in [0.15, 0.2) is 0 Å². The minimum absolute atomic E-state index is 0.620. The molecule has 0 spiro atoms. The van der Waals surface area contributed by atoms with Gasteiger partial charge in [0.25, 0.3) is 17.5 Å². The average molecular weight is 206 g/mol. The highest BCUT2D eigenvalue weighted by atomic mass is 16.2. The highest BCUT2D eigenvalue weighted by Gasteiger charge is 2.47. The Labute approximate surface area is 85.6 Å². The summed E-state index contributed by atoms with van der Waals surface area (Å²) in [7, 11) is 0. The maximum atomic E-state index is 11.2. The van der Waals surface area contributed by atoms with E-state index in [0.29, 0.717) is 11.4 Å². The average Bonchev–Trinajstić information content (AvgIpc) is 2.57. The molecule has 1 heterocycles. The van der Waals surface area contributed by atoms with Gasteiger partial charge in [0.1, 0.15) is 0 Å². The van der Waals surface area contributed by atoms with Crippen molar-refractivity contribution in [3.63, 3.8) is 0 Å². The fraction of sp³-hybridized carbons (Fsp3) is 0.111. The van der Waals surface area contributed by atoms with Crippen molar-refractivity contribution in [2.75, 3.05) is 10.6 Å². The van der Waals surface area contributed by atoms with Crippen LogP contribution in [0.4, 0.5) is 11.4 Å². The maximum absolute atomic E-state index is 11.2. The van der Waals surface area contributed by atoms with Crippen molar-refractivity contribution >= 4 is 23.2 Å². The number of para-hydroxylation sites is 2. The van der Waals surface area contributed by atoms with E-state index in [1.165, 1.54) is 0 Å². The third-order valence-corrected chi connectivity index (χ3v) is 2.31. The first-order valence-corrected chi connectivity index (χ1v) is 4.31. The summed E-state index contributed by atoms with van der Waals surface area (Å²) >= 11 is 0. The van der Waals surface area contributed by atoms with Crippen molar-refractivity contribution in [2.24, 2.45) is 11.5 Å². The lowest BCUT2D eigenvalue weighted by atomic mass is 10.1. The van der Waals surface area contributed by atoms with Gasteiger partial charge >= 0.3 is 0 Å². The quantitative estimate of drug-likeness (QED) is 0.474. The number of benzene rings is 1. The molecular formula is C9H10N4O2. The summed E-state index contributed by atoms with van der Waals surface area (Å²) in [5.41, 5.74) is 9.82. The summed E-state index contributed by atoms with van der Waals surface area (Å²) in [5.74, 6) is -1.71. The van der Waals surface area contributed by atoms with Crippen LogP contribution in [0.3, 0.4) is 0 Å². The molecule has 15 heavy (non-hydrogen) atoms. The second-order valence-corrected chi connectivity index (χ2v) is 3.27. The zero-order valence-corrected chi connectivity index (χ0v) is 7.78. The van der Waals surface area contributed by atoms with Crippen LogP contribution in [0.2, 0.25) is 0 Å². The standard InChI is InChI=1S/C9H10N4O2/c10-7(14)9(8(11)15)12-5-3-1-2-4-6(5)13-9/h1-4,12-13H,(H2,10,14)(H2,11,15). The van der Waals surface area contributed by atoms with Crippen LogP contribution in [0.1, 0.15) is 0 Å². The lowest BCUT2D eigenvalue weighted by Crippen LogP contribution is -2.62. The second kappa shape index (κ2) is 2.88. The number of amides is 2. The van der Waals surface area contributed by atoms with Crippen molar-refractivity contribution in [2.45, 2.75) is 5.66 Å². The van der Waals surface area contributed by atoms with E-state index in [9.17, 15) is 9.59 Å². The third kappa shape index (κ3) is 1.18. The van der Waals surface area contributed by atoms with Crippen molar-refractivity contribution in [1.29, 1.82) is 0 Å². The van der Waals surface area contributed by atoms with Gasteiger partial charge in [0.05, 0.1) is 11.4 Å². The smallest absolute Gasteiger partial charge is 0.274 e. The molecule has 78 valence electrons. The number of carbonyl (C=O) groups is 2. The molecule has 0 aliphatic carbocycles. The maximum Gasteiger partial charge on any atom is 0.274 e. The Morgan fingerprint density at radius 2 is 1.40 bits per heavy atom. The highest BCUT2D eigenvalue weighted by Crippen LogP contribution is 2.33. The van der Waals surface area contributed by atoms with E-state index in [1.54, 1.807) is 24.3 Å². The minimum atomic E-state index is -1.72. The van der Waals surface area contributed by atoms with E-state index in [4.69, 9.17) is 11.5 Å². The highest BCUT2D eigenvalue weighted by molar-refractivity contribution is 6.16. The molecule has 0 fully saturated rings. The summed E-state index contributed by atoms with van der Waals surface area (Å²) in [6.45, 7) is 0. The van der Waals surface area contributed by atoms with Crippen LogP contribution in [0.25, 0.3) is 0 Å². The van der Waals surface area contributed by atoms with Crippen LogP contribution in [0, 0.1) is 0 Å². The van der Waals surface area contributed by atoms with Crippen molar-refractivity contribution in [3.05, 3.63) is 24.3 Å². The van der Waals surface area contributed by atoms with Gasteiger partial charge in [0, 0.05) is 0 Å². The van der Waals surface area contributed by atoms with Gasteiger partial charge in [-0.15, -0.1) is 0 Å². The van der Waals surface area contributed by atoms with E-state index in [2.05, 4.69) is 10.6 Å². The Morgan fingerprint density at radius 3 is 1.73 bits per heavy atom. The van der Waals surface area contributed by atoms with E-state index in [1.807, 2.05) is 0 Å². The van der Waals surface area contributed by atoms with Gasteiger partial charge in [-0.05, 0) is 12.1 Å². The normalized spacial score (nSPS) is 16.0. The van der Waals surface area contributed by atoms with Crippen LogP contribution in [0.15, 0.2) is 24.3 Å². The Bertz CT molecular complexity index is 402. The molecule has 6 heteroatoms. The van der Waals surface area contributed by atoms with E-state index >= 15 is 0 Å². The zero-order valence-electron chi connectivity index (χ0n) is 7.78. The van der Waals surface area contributed by atoms with E-state index < -0.39 is 17.5 Å². The molecule has 1 aliphatic heterocycles. The molecular weight excluding hydrogens is 196 g/mol. The van der Waals surface area contributed by atoms with Gasteiger partial charge in [-0.3, -0.25) is 9.59 Å². The molecule has 0 atom stereocenters. The number of hydrogen-bond acceptors (Lipinski definition) is 4. The van der Waals surface area contributed by atoms with Gasteiger partial charge < -0.3 is 22.1 Å². The molecule has 1 aliphatic rings. The number of anilines is 2.